The molecule has 7 heteroatoms. The second-order valence-electron chi connectivity index (χ2n) is 3.36. The van der Waals surface area contributed by atoms with Crippen LogP contribution in [0.25, 0.3) is 11.1 Å². The lowest BCUT2D eigenvalue weighted by Crippen LogP contribution is -2.13. The predicted molar refractivity (Wildman–Crippen MR) is 65.2 cm³/mol. The van der Waals surface area contributed by atoms with Crippen LogP contribution in [0, 0.1) is 0 Å². The Morgan fingerprint density at radius 1 is 1.39 bits per heavy atom. The summed E-state index contributed by atoms with van der Waals surface area (Å²) in [6, 6.07) is 4.98. The van der Waals surface area contributed by atoms with Gasteiger partial charge in [0, 0.05) is 24.2 Å². The van der Waals surface area contributed by atoms with Crippen LogP contribution >= 0.6 is 0 Å². The van der Waals surface area contributed by atoms with Crippen molar-refractivity contribution in [1.82, 2.24) is 8.96 Å². The summed E-state index contributed by atoms with van der Waals surface area (Å²) in [5, 5.41) is 0. The molecule has 94 valence electrons. The van der Waals surface area contributed by atoms with Gasteiger partial charge in [-0.2, -0.15) is 0 Å². The van der Waals surface area contributed by atoms with E-state index in [9.17, 15) is 9.00 Å². The van der Waals surface area contributed by atoms with Gasteiger partial charge in [0.2, 0.25) is 0 Å². The number of hydrogen-bond acceptors (Lipinski definition) is 4. The Kier molecular flexibility index (Phi) is 3.54. The SMILES string of the molecule is COC(=O)c1c(-c2ccncc2)ccn1S(=O)O. The molecule has 0 aliphatic rings. The molecular weight excluding hydrogens is 256 g/mol. The quantitative estimate of drug-likeness (QED) is 0.669. The first kappa shape index (κ1) is 12.5. The molecule has 0 amide bonds. The molecule has 0 aliphatic heterocycles. The van der Waals surface area contributed by atoms with Gasteiger partial charge in [0.25, 0.3) is 11.3 Å². The van der Waals surface area contributed by atoms with E-state index in [1.807, 2.05) is 0 Å². The maximum absolute atomic E-state index is 11.7. The molecule has 0 fully saturated rings. The third-order valence-corrected chi connectivity index (χ3v) is 3.03. The second-order valence-corrected chi connectivity index (χ2v) is 4.22. The molecule has 2 aromatic heterocycles. The van der Waals surface area contributed by atoms with Gasteiger partial charge in [-0.3, -0.25) is 9.54 Å². The number of aromatic nitrogens is 2. The van der Waals surface area contributed by atoms with Gasteiger partial charge < -0.3 is 4.74 Å². The molecule has 2 rings (SSSR count). The summed E-state index contributed by atoms with van der Waals surface area (Å²) < 4.78 is 25.8. The summed E-state index contributed by atoms with van der Waals surface area (Å²) in [6.45, 7) is 0. The van der Waals surface area contributed by atoms with E-state index in [-0.39, 0.29) is 5.69 Å². The van der Waals surface area contributed by atoms with Crippen molar-refractivity contribution < 1.29 is 18.3 Å². The number of ether oxygens (including phenoxy) is 1. The molecule has 18 heavy (non-hydrogen) atoms. The summed E-state index contributed by atoms with van der Waals surface area (Å²) in [7, 11) is 1.22. The number of carbonyl (C=O) groups excluding carboxylic acids is 1. The second kappa shape index (κ2) is 5.11. The fourth-order valence-electron chi connectivity index (χ4n) is 1.61. The third-order valence-electron chi connectivity index (χ3n) is 2.39. The first-order valence-electron chi connectivity index (χ1n) is 4.96. The molecule has 0 aliphatic carbocycles. The molecule has 1 N–H and O–H groups in total. The Hall–Kier alpha value is -1.99. The Morgan fingerprint density at radius 2 is 2.06 bits per heavy atom. The number of pyridine rings is 1. The molecule has 0 saturated carbocycles. The number of hydrogen-bond donors (Lipinski definition) is 1. The van der Waals surface area contributed by atoms with Crippen LogP contribution in [0.4, 0.5) is 0 Å². The average molecular weight is 266 g/mol. The Balaban J connectivity index is 2.62. The molecule has 0 saturated heterocycles. The molecule has 2 heterocycles. The van der Waals surface area contributed by atoms with Crippen molar-refractivity contribution in [3.05, 3.63) is 42.5 Å². The normalized spacial score (nSPS) is 12.1. The fourth-order valence-corrected chi connectivity index (χ4v) is 2.10. The summed E-state index contributed by atoms with van der Waals surface area (Å²) in [4.78, 5) is 15.6. The van der Waals surface area contributed by atoms with Gasteiger partial charge in [-0.1, -0.05) is 0 Å². The van der Waals surface area contributed by atoms with Crippen LogP contribution in [0.15, 0.2) is 36.8 Å². The molecule has 2 aromatic rings. The summed E-state index contributed by atoms with van der Waals surface area (Å²) in [5.41, 5.74) is 1.27. The lowest BCUT2D eigenvalue weighted by molar-refractivity contribution is 0.0593. The number of carbonyl (C=O) groups is 1. The molecule has 1 unspecified atom stereocenters. The molecule has 0 radical (unpaired) electrons. The van der Waals surface area contributed by atoms with E-state index < -0.39 is 17.2 Å². The van der Waals surface area contributed by atoms with Gasteiger partial charge in [0.1, 0.15) is 5.69 Å². The van der Waals surface area contributed by atoms with Crippen molar-refractivity contribution >= 4 is 17.2 Å². The predicted octanol–water partition coefficient (Wildman–Crippen LogP) is 1.32. The highest BCUT2D eigenvalue weighted by molar-refractivity contribution is 7.77. The molecular formula is C11H10N2O4S. The van der Waals surface area contributed by atoms with Crippen molar-refractivity contribution in [2.75, 3.05) is 7.11 Å². The van der Waals surface area contributed by atoms with Gasteiger partial charge in [-0.15, -0.1) is 0 Å². The van der Waals surface area contributed by atoms with Crippen molar-refractivity contribution in [3.8, 4) is 11.1 Å². The number of esters is 1. The number of rotatable bonds is 3. The van der Waals surface area contributed by atoms with Gasteiger partial charge in [-0.25, -0.2) is 13.0 Å². The minimum Gasteiger partial charge on any atom is -0.464 e. The molecule has 1 atom stereocenters. The van der Waals surface area contributed by atoms with Crippen LogP contribution < -0.4 is 0 Å². The van der Waals surface area contributed by atoms with E-state index in [0.717, 1.165) is 9.54 Å². The number of nitrogens with zero attached hydrogens (tertiary/aromatic N) is 2. The van der Waals surface area contributed by atoms with Gasteiger partial charge in [-0.05, 0) is 23.8 Å². The zero-order valence-corrected chi connectivity index (χ0v) is 10.3. The molecule has 0 spiro atoms. The highest BCUT2D eigenvalue weighted by atomic mass is 32.2. The largest absolute Gasteiger partial charge is 0.464 e. The summed E-state index contributed by atoms with van der Waals surface area (Å²) in [6.07, 6.45) is 4.51. The monoisotopic (exact) mass is 266 g/mol. The smallest absolute Gasteiger partial charge is 0.356 e. The zero-order valence-electron chi connectivity index (χ0n) is 9.44. The van der Waals surface area contributed by atoms with E-state index in [2.05, 4.69) is 9.72 Å². The van der Waals surface area contributed by atoms with Crippen LogP contribution in [0.1, 0.15) is 10.5 Å². The lowest BCUT2D eigenvalue weighted by Gasteiger charge is -2.06. The van der Waals surface area contributed by atoms with Crippen molar-refractivity contribution in [1.29, 1.82) is 0 Å². The number of methoxy groups -OCH3 is 1. The van der Waals surface area contributed by atoms with E-state index in [1.165, 1.54) is 13.3 Å². The van der Waals surface area contributed by atoms with Crippen LogP contribution in [0.3, 0.4) is 0 Å². The fraction of sp³-hybridized carbons (Fsp3) is 0.0909. The van der Waals surface area contributed by atoms with Crippen LogP contribution in [-0.4, -0.2) is 30.8 Å². The maximum atomic E-state index is 11.7. The molecule has 6 nitrogen and oxygen atoms in total. The van der Waals surface area contributed by atoms with Crippen LogP contribution in [0.2, 0.25) is 0 Å². The standard InChI is InChI=1S/C11H10N2O4S/c1-17-11(14)10-9(4-7-13(10)18(15)16)8-2-5-12-6-3-8/h2-7H,1H3,(H,15,16). The Labute approximate surface area is 106 Å². The van der Waals surface area contributed by atoms with E-state index in [0.29, 0.717) is 5.56 Å². The minimum atomic E-state index is -2.32. The summed E-state index contributed by atoms with van der Waals surface area (Å²) in [5.74, 6) is -0.672. The minimum absolute atomic E-state index is 0.0320. The first-order valence-corrected chi connectivity index (χ1v) is 6.03. The van der Waals surface area contributed by atoms with Gasteiger partial charge in [0.05, 0.1) is 7.11 Å². The van der Waals surface area contributed by atoms with Crippen molar-refractivity contribution in [2.24, 2.45) is 0 Å². The summed E-state index contributed by atoms with van der Waals surface area (Å²) >= 11 is -2.32. The highest BCUT2D eigenvalue weighted by Crippen LogP contribution is 2.25. The first-order chi connectivity index (χ1) is 8.65. The molecule has 0 aromatic carbocycles. The van der Waals surface area contributed by atoms with Gasteiger partial charge >= 0.3 is 5.97 Å². The Morgan fingerprint density at radius 3 is 2.61 bits per heavy atom. The average Bonchev–Trinajstić information content (AvgIpc) is 2.83. The van der Waals surface area contributed by atoms with E-state index in [1.54, 1.807) is 30.6 Å². The van der Waals surface area contributed by atoms with Gasteiger partial charge in [0.15, 0.2) is 0 Å². The Bertz CT molecular complexity index is 594. The van der Waals surface area contributed by atoms with Crippen LogP contribution in [0.5, 0.6) is 0 Å². The third kappa shape index (κ3) is 2.18. The lowest BCUT2D eigenvalue weighted by atomic mass is 10.1. The van der Waals surface area contributed by atoms with E-state index in [4.69, 9.17) is 4.55 Å². The van der Waals surface area contributed by atoms with Crippen molar-refractivity contribution in [3.63, 3.8) is 0 Å². The highest BCUT2D eigenvalue weighted by Gasteiger charge is 2.21. The topological polar surface area (TPSA) is 81.4 Å². The van der Waals surface area contributed by atoms with E-state index >= 15 is 0 Å². The van der Waals surface area contributed by atoms with Crippen LogP contribution in [-0.2, 0) is 16.0 Å². The zero-order chi connectivity index (χ0) is 13.1. The molecule has 0 bridgehead atoms. The maximum Gasteiger partial charge on any atom is 0.356 e. The van der Waals surface area contributed by atoms with Crippen molar-refractivity contribution in [2.45, 2.75) is 0 Å².